The molecule has 2 aliphatic heterocycles. The largest absolute Gasteiger partial charge is 0.463 e. The number of H-pyrrole nitrogens is 1. The van der Waals surface area contributed by atoms with E-state index in [0.29, 0.717) is 42.3 Å². The molecule has 5 rings (SSSR count). The van der Waals surface area contributed by atoms with E-state index in [-0.39, 0.29) is 30.3 Å². The number of anilines is 1. The fourth-order valence-corrected chi connectivity index (χ4v) is 5.25. The molecule has 0 spiro atoms. The summed E-state index contributed by atoms with van der Waals surface area (Å²) in [6.45, 7) is 7.59. The van der Waals surface area contributed by atoms with Gasteiger partial charge in [0.05, 0.1) is 23.3 Å². The van der Waals surface area contributed by atoms with Crippen LogP contribution in [0.5, 0.6) is 6.01 Å². The number of aromatic nitrogens is 2. The first kappa shape index (κ1) is 24.4. The Morgan fingerprint density at radius 2 is 1.97 bits per heavy atom. The molecule has 1 unspecified atom stereocenters. The van der Waals surface area contributed by atoms with Crippen molar-refractivity contribution in [2.45, 2.75) is 58.2 Å². The first-order valence-electron chi connectivity index (χ1n) is 12.4. The highest BCUT2D eigenvalue weighted by Gasteiger charge is 2.33. The van der Waals surface area contributed by atoms with Gasteiger partial charge in [0.1, 0.15) is 12.2 Å². The van der Waals surface area contributed by atoms with Crippen molar-refractivity contribution in [1.29, 1.82) is 0 Å². The average Bonchev–Trinajstić information content (AvgIpc) is 3.30. The molecular formula is C27H31ClN4O4. The molecular weight excluding hydrogens is 480 g/mol. The third-order valence-corrected chi connectivity index (χ3v) is 6.96. The molecule has 1 aromatic heterocycles. The summed E-state index contributed by atoms with van der Waals surface area (Å²) in [7, 11) is 0. The minimum Gasteiger partial charge on any atom is -0.463 e. The van der Waals surface area contributed by atoms with Crippen molar-refractivity contribution in [3.05, 3.63) is 63.0 Å². The minimum atomic E-state index is -0.559. The quantitative estimate of drug-likeness (QED) is 0.536. The Hall–Kier alpha value is -3.26. The first-order valence-corrected chi connectivity index (χ1v) is 12.7. The van der Waals surface area contributed by atoms with Gasteiger partial charge in [-0.1, -0.05) is 35.9 Å². The molecule has 36 heavy (non-hydrogen) atoms. The zero-order valence-corrected chi connectivity index (χ0v) is 21.6. The third-order valence-electron chi connectivity index (χ3n) is 6.64. The summed E-state index contributed by atoms with van der Waals surface area (Å²) >= 11 is 6.55. The second-order valence-electron chi connectivity index (χ2n) is 10.4. The lowest BCUT2D eigenvalue weighted by atomic mass is 10.0. The van der Waals surface area contributed by atoms with Crippen molar-refractivity contribution in [3.63, 3.8) is 0 Å². The Morgan fingerprint density at radius 3 is 2.75 bits per heavy atom. The van der Waals surface area contributed by atoms with E-state index in [2.05, 4.69) is 20.9 Å². The van der Waals surface area contributed by atoms with Gasteiger partial charge in [0, 0.05) is 29.7 Å². The van der Waals surface area contributed by atoms with Crippen molar-refractivity contribution < 1.29 is 14.3 Å². The normalized spacial score (nSPS) is 17.8. The van der Waals surface area contributed by atoms with Gasteiger partial charge in [-0.25, -0.2) is 4.79 Å². The number of hydrogen-bond donors (Lipinski definition) is 1. The number of carbonyl (C=O) groups excluding carboxylic acids is 1. The topological polar surface area (TPSA) is 87.8 Å². The molecule has 190 valence electrons. The highest BCUT2D eigenvalue weighted by Crippen LogP contribution is 2.34. The van der Waals surface area contributed by atoms with Crippen LogP contribution in [0, 0.1) is 0 Å². The molecule has 2 aliphatic rings. The Balaban J connectivity index is 1.33. The van der Waals surface area contributed by atoms with E-state index in [1.165, 1.54) is 0 Å². The van der Waals surface area contributed by atoms with E-state index in [1.54, 1.807) is 4.90 Å². The number of carbonyl (C=O) groups is 1. The summed E-state index contributed by atoms with van der Waals surface area (Å²) in [4.78, 5) is 36.7. The lowest BCUT2D eigenvalue weighted by molar-refractivity contribution is 0.0183. The lowest BCUT2D eigenvalue weighted by Crippen LogP contribution is -2.42. The van der Waals surface area contributed by atoms with E-state index in [0.717, 1.165) is 29.3 Å². The summed E-state index contributed by atoms with van der Waals surface area (Å²) in [6.07, 6.45) is 1.92. The molecule has 3 aromatic rings. The van der Waals surface area contributed by atoms with Gasteiger partial charge in [0.25, 0.3) is 11.6 Å². The highest BCUT2D eigenvalue weighted by atomic mass is 35.5. The van der Waals surface area contributed by atoms with Crippen LogP contribution in [0.15, 0.2) is 41.2 Å². The number of benzene rings is 2. The number of nitrogens with zero attached hydrogens (tertiary/aromatic N) is 3. The number of amides is 1. The number of aromatic amines is 1. The maximum atomic E-state index is 12.8. The van der Waals surface area contributed by atoms with Crippen LogP contribution in [0.2, 0.25) is 5.02 Å². The van der Waals surface area contributed by atoms with Gasteiger partial charge >= 0.3 is 6.09 Å². The Bertz CT molecular complexity index is 1340. The van der Waals surface area contributed by atoms with Gasteiger partial charge < -0.3 is 19.3 Å². The van der Waals surface area contributed by atoms with Crippen LogP contribution in [0.4, 0.5) is 10.5 Å². The lowest BCUT2D eigenvalue weighted by Gasteiger charge is -2.31. The molecule has 1 N–H and O–H groups in total. The number of hydrogen-bond acceptors (Lipinski definition) is 6. The SMILES string of the molecule is CC(C)(C)OC(=O)N1CCCC1COc1nc2c(c(=O)[nH]1)CCN(c1cccc3cccc(Cl)c13)C2. The molecule has 0 aliphatic carbocycles. The summed E-state index contributed by atoms with van der Waals surface area (Å²) in [5.74, 6) is 0. The van der Waals surface area contributed by atoms with E-state index in [9.17, 15) is 9.59 Å². The Kier molecular flexibility index (Phi) is 6.55. The summed E-state index contributed by atoms with van der Waals surface area (Å²) in [5.41, 5.74) is 1.66. The maximum Gasteiger partial charge on any atom is 0.410 e. The van der Waals surface area contributed by atoms with Gasteiger partial charge in [-0.05, 0) is 57.6 Å². The van der Waals surface area contributed by atoms with E-state index < -0.39 is 5.60 Å². The molecule has 0 radical (unpaired) electrons. The fraction of sp³-hybridized carbons (Fsp3) is 0.444. The number of rotatable bonds is 4. The molecule has 0 saturated carbocycles. The van der Waals surface area contributed by atoms with Crippen molar-refractivity contribution >= 4 is 34.2 Å². The summed E-state index contributed by atoms with van der Waals surface area (Å²) in [5, 5.41) is 2.76. The van der Waals surface area contributed by atoms with Crippen molar-refractivity contribution in [1.82, 2.24) is 14.9 Å². The van der Waals surface area contributed by atoms with Crippen molar-refractivity contribution in [2.24, 2.45) is 0 Å². The predicted octanol–water partition coefficient (Wildman–Crippen LogP) is 4.92. The number of fused-ring (bicyclic) bond motifs is 2. The fourth-order valence-electron chi connectivity index (χ4n) is 4.98. The summed E-state index contributed by atoms with van der Waals surface area (Å²) < 4.78 is 11.5. The minimum absolute atomic E-state index is 0.129. The standard InChI is InChI=1S/C27H31ClN4O4/c1-27(2,3)36-26(34)32-13-6-9-18(32)16-35-25-29-21-15-31(14-12-19(21)24(33)30-25)22-11-5-8-17-7-4-10-20(28)23(17)22/h4-5,7-8,10-11,18H,6,9,12-16H2,1-3H3,(H,29,30,33). The van der Waals surface area contributed by atoms with Gasteiger partial charge in [0.15, 0.2) is 0 Å². The number of halogens is 1. The van der Waals surface area contributed by atoms with E-state index >= 15 is 0 Å². The molecule has 1 atom stereocenters. The van der Waals surface area contributed by atoms with Gasteiger partial charge in [-0.3, -0.25) is 9.78 Å². The third kappa shape index (κ3) is 5.00. The molecule has 8 nitrogen and oxygen atoms in total. The van der Waals surface area contributed by atoms with Crippen LogP contribution in [-0.4, -0.2) is 52.3 Å². The monoisotopic (exact) mass is 510 g/mol. The van der Waals surface area contributed by atoms with Crippen LogP contribution >= 0.6 is 11.6 Å². The Morgan fingerprint density at radius 1 is 1.19 bits per heavy atom. The van der Waals surface area contributed by atoms with Gasteiger partial charge in [-0.15, -0.1) is 0 Å². The molecule has 1 fully saturated rings. The molecule has 3 heterocycles. The predicted molar refractivity (Wildman–Crippen MR) is 140 cm³/mol. The first-order chi connectivity index (χ1) is 17.2. The second-order valence-corrected chi connectivity index (χ2v) is 10.8. The Labute approximate surface area is 215 Å². The number of nitrogens with one attached hydrogen (secondary N) is 1. The average molecular weight is 511 g/mol. The van der Waals surface area contributed by atoms with Crippen LogP contribution in [-0.2, 0) is 17.7 Å². The highest BCUT2D eigenvalue weighted by molar-refractivity contribution is 6.36. The molecule has 1 saturated heterocycles. The van der Waals surface area contributed by atoms with Gasteiger partial charge in [0.2, 0.25) is 0 Å². The zero-order chi connectivity index (χ0) is 25.4. The number of ether oxygens (including phenoxy) is 2. The zero-order valence-electron chi connectivity index (χ0n) is 20.8. The maximum absolute atomic E-state index is 12.8. The van der Waals surface area contributed by atoms with E-state index in [1.807, 2.05) is 51.1 Å². The molecule has 9 heteroatoms. The molecule has 2 aromatic carbocycles. The van der Waals surface area contributed by atoms with Crippen LogP contribution < -0.4 is 15.2 Å². The number of likely N-dealkylation sites (tertiary alicyclic amines) is 1. The van der Waals surface area contributed by atoms with Crippen LogP contribution in [0.25, 0.3) is 10.8 Å². The van der Waals surface area contributed by atoms with Gasteiger partial charge in [-0.2, -0.15) is 4.98 Å². The second kappa shape index (κ2) is 9.65. The smallest absolute Gasteiger partial charge is 0.410 e. The molecule has 1 amide bonds. The van der Waals surface area contributed by atoms with Crippen LogP contribution in [0.1, 0.15) is 44.9 Å². The summed E-state index contributed by atoms with van der Waals surface area (Å²) in [6, 6.07) is 12.0. The van der Waals surface area contributed by atoms with Crippen molar-refractivity contribution in [2.75, 3.05) is 24.6 Å². The van der Waals surface area contributed by atoms with Crippen LogP contribution in [0.3, 0.4) is 0 Å². The van der Waals surface area contributed by atoms with E-state index in [4.69, 9.17) is 21.1 Å². The van der Waals surface area contributed by atoms with Crippen molar-refractivity contribution in [3.8, 4) is 6.01 Å². The molecule has 0 bridgehead atoms.